The summed E-state index contributed by atoms with van der Waals surface area (Å²) in [5, 5.41) is 11.3. The van der Waals surface area contributed by atoms with Gasteiger partial charge >= 0.3 is 0 Å². The van der Waals surface area contributed by atoms with E-state index in [1.165, 1.54) is 11.8 Å². The van der Waals surface area contributed by atoms with Crippen LogP contribution in [0.15, 0.2) is 27.8 Å². The molecule has 110 valence electrons. The van der Waals surface area contributed by atoms with Gasteiger partial charge in [-0.15, -0.1) is 10.2 Å². The quantitative estimate of drug-likeness (QED) is 0.858. The number of nitrogens with one attached hydrogen (secondary N) is 1. The van der Waals surface area contributed by atoms with Gasteiger partial charge in [0.15, 0.2) is 0 Å². The lowest BCUT2D eigenvalue weighted by Crippen LogP contribution is -2.14. The first-order chi connectivity index (χ1) is 10.1. The van der Waals surface area contributed by atoms with E-state index in [4.69, 9.17) is 4.42 Å². The predicted octanol–water partition coefficient (Wildman–Crippen LogP) is 3.29. The second-order valence-corrected chi connectivity index (χ2v) is 6.32. The van der Waals surface area contributed by atoms with Crippen molar-refractivity contribution in [2.24, 2.45) is 0 Å². The zero-order valence-corrected chi connectivity index (χ0v) is 12.9. The molecule has 2 aromatic rings. The van der Waals surface area contributed by atoms with Gasteiger partial charge in [0.25, 0.3) is 5.22 Å². The number of anilines is 1. The highest BCUT2D eigenvalue weighted by Crippen LogP contribution is 2.39. The maximum Gasteiger partial charge on any atom is 0.277 e. The Morgan fingerprint density at radius 1 is 1.29 bits per heavy atom. The van der Waals surface area contributed by atoms with Gasteiger partial charge in [0.1, 0.15) is 0 Å². The second-order valence-electron chi connectivity index (χ2n) is 5.39. The van der Waals surface area contributed by atoms with Crippen molar-refractivity contribution in [3.63, 3.8) is 0 Å². The Morgan fingerprint density at radius 2 is 2.00 bits per heavy atom. The molecule has 3 rings (SSSR count). The molecule has 6 heteroatoms. The van der Waals surface area contributed by atoms with Gasteiger partial charge in [-0.05, 0) is 49.9 Å². The van der Waals surface area contributed by atoms with Crippen LogP contribution in [0.4, 0.5) is 5.69 Å². The number of thioether (sulfide) groups is 1. The number of carbonyl (C=O) groups excluding carboxylic acids is 1. The highest BCUT2D eigenvalue weighted by atomic mass is 32.2. The molecule has 1 heterocycles. The molecule has 0 unspecified atom stereocenters. The van der Waals surface area contributed by atoms with E-state index in [-0.39, 0.29) is 11.7 Å². The maximum absolute atomic E-state index is 11.9. The fraction of sp³-hybridized carbons (Fsp3) is 0.400. The van der Waals surface area contributed by atoms with Crippen LogP contribution in [0, 0.1) is 13.8 Å². The average molecular weight is 303 g/mol. The Kier molecular flexibility index (Phi) is 3.96. The molecule has 1 aromatic heterocycles. The average Bonchev–Trinajstić information content (AvgIpc) is 3.14. The van der Waals surface area contributed by atoms with Gasteiger partial charge in [-0.2, -0.15) is 0 Å². The van der Waals surface area contributed by atoms with Crippen molar-refractivity contribution >= 4 is 23.4 Å². The zero-order valence-electron chi connectivity index (χ0n) is 12.0. The summed E-state index contributed by atoms with van der Waals surface area (Å²) in [5.74, 6) is 1.33. The molecule has 1 aromatic carbocycles. The Labute approximate surface area is 127 Å². The molecule has 0 atom stereocenters. The minimum atomic E-state index is -0.0730. The largest absolute Gasteiger partial charge is 0.416 e. The van der Waals surface area contributed by atoms with Crippen molar-refractivity contribution in [1.29, 1.82) is 0 Å². The molecule has 1 amide bonds. The molecule has 1 aliphatic carbocycles. The van der Waals surface area contributed by atoms with E-state index in [9.17, 15) is 4.79 Å². The fourth-order valence-electron chi connectivity index (χ4n) is 2.15. The van der Waals surface area contributed by atoms with Crippen LogP contribution in [0.2, 0.25) is 0 Å². The van der Waals surface area contributed by atoms with Crippen molar-refractivity contribution < 1.29 is 9.21 Å². The first-order valence-corrected chi connectivity index (χ1v) is 7.93. The Bertz CT molecular complexity index is 644. The molecule has 0 bridgehead atoms. The standard InChI is InChI=1S/C15H17N3O2S/c1-9-5-10(2)7-12(6-9)16-13(19)8-21-15-18-17-14(20-15)11-3-4-11/h5-7,11H,3-4,8H2,1-2H3,(H,16,19). The molecule has 0 radical (unpaired) electrons. The summed E-state index contributed by atoms with van der Waals surface area (Å²) in [6.45, 7) is 4.02. The summed E-state index contributed by atoms with van der Waals surface area (Å²) >= 11 is 1.27. The zero-order chi connectivity index (χ0) is 14.8. The third-order valence-corrected chi connectivity index (χ3v) is 4.00. The van der Waals surface area contributed by atoms with Crippen LogP contribution >= 0.6 is 11.8 Å². The van der Waals surface area contributed by atoms with Gasteiger partial charge in [-0.1, -0.05) is 17.8 Å². The van der Waals surface area contributed by atoms with Gasteiger partial charge < -0.3 is 9.73 Å². The number of rotatable bonds is 5. The Morgan fingerprint density at radius 3 is 2.67 bits per heavy atom. The second kappa shape index (κ2) is 5.89. The van der Waals surface area contributed by atoms with Crippen LogP contribution in [-0.4, -0.2) is 21.9 Å². The molecule has 0 spiro atoms. The van der Waals surface area contributed by atoms with Crippen molar-refractivity contribution in [3.8, 4) is 0 Å². The van der Waals surface area contributed by atoms with Crippen molar-refractivity contribution in [2.75, 3.05) is 11.1 Å². The normalized spacial score (nSPS) is 14.2. The van der Waals surface area contributed by atoms with E-state index >= 15 is 0 Å². The molecule has 21 heavy (non-hydrogen) atoms. The first kappa shape index (κ1) is 14.1. The topological polar surface area (TPSA) is 68.0 Å². The summed E-state index contributed by atoms with van der Waals surface area (Å²) < 4.78 is 5.51. The lowest BCUT2D eigenvalue weighted by atomic mass is 10.1. The molecule has 0 aliphatic heterocycles. The van der Waals surface area contributed by atoms with Crippen molar-refractivity contribution in [3.05, 3.63) is 35.2 Å². The van der Waals surface area contributed by atoms with Gasteiger partial charge in [0, 0.05) is 11.6 Å². The molecule has 1 fully saturated rings. The van der Waals surface area contributed by atoms with Gasteiger partial charge in [0.2, 0.25) is 11.8 Å². The van der Waals surface area contributed by atoms with Crippen LogP contribution in [0.5, 0.6) is 0 Å². The van der Waals surface area contributed by atoms with Crippen molar-refractivity contribution in [2.45, 2.75) is 37.8 Å². The van der Waals surface area contributed by atoms with Gasteiger partial charge in [-0.25, -0.2) is 0 Å². The number of aryl methyl sites for hydroxylation is 2. The third-order valence-electron chi connectivity index (χ3n) is 3.18. The number of carbonyl (C=O) groups is 1. The number of hydrogen-bond acceptors (Lipinski definition) is 5. The molecule has 1 saturated carbocycles. The molecule has 1 aliphatic rings. The summed E-state index contributed by atoms with van der Waals surface area (Å²) in [7, 11) is 0. The Balaban J connectivity index is 1.53. The molecular formula is C15H17N3O2S. The van der Waals surface area contributed by atoms with E-state index < -0.39 is 0 Å². The monoisotopic (exact) mass is 303 g/mol. The maximum atomic E-state index is 11.9. The minimum Gasteiger partial charge on any atom is -0.416 e. The van der Waals surface area contributed by atoms with Crippen LogP contribution in [0.1, 0.15) is 35.8 Å². The number of nitrogens with zero attached hydrogens (tertiary/aromatic N) is 2. The lowest BCUT2D eigenvalue weighted by molar-refractivity contribution is -0.113. The molecular weight excluding hydrogens is 286 g/mol. The Hall–Kier alpha value is -1.82. The first-order valence-electron chi connectivity index (χ1n) is 6.94. The summed E-state index contributed by atoms with van der Waals surface area (Å²) in [6, 6.07) is 5.98. The molecule has 0 saturated heterocycles. The van der Waals surface area contributed by atoms with Crippen LogP contribution in [0.3, 0.4) is 0 Å². The summed E-state index contributed by atoms with van der Waals surface area (Å²) in [5.41, 5.74) is 3.08. The van der Waals surface area contributed by atoms with Crippen LogP contribution in [-0.2, 0) is 4.79 Å². The molecule has 1 N–H and O–H groups in total. The number of benzene rings is 1. The van der Waals surface area contributed by atoms with Gasteiger partial charge in [-0.3, -0.25) is 4.79 Å². The molecule has 5 nitrogen and oxygen atoms in total. The highest BCUT2D eigenvalue weighted by Gasteiger charge is 2.29. The number of hydrogen-bond donors (Lipinski definition) is 1. The van der Waals surface area contributed by atoms with E-state index in [1.807, 2.05) is 26.0 Å². The van der Waals surface area contributed by atoms with E-state index in [1.54, 1.807) is 0 Å². The number of amides is 1. The SMILES string of the molecule is Cc1cc(C)cc(NC(=O)CSc2nnc(C3CC3)o2)c1. The lowest BCUT2D eigenvalue weighted by Gasteiger charge is -2.06. The van der Waals surface area contributed by atoms with Gasteiger partial charge in [0.05, 0.1) is 5.75 Å². The minimum absolute atomic E-state index is 0.0730. The van der Waals surface area contributed by atoms with Crippen molar-refractivity contribution in [1.82, 2.24) is 10.2 Å². The van der Waals surface area contributed by atoms with Crippen LogP contribution < -0.4 is 5.32 Å². The van der Waals surface area contributed by atoms with E-state index in [2.05, 4.69) is 21.6 Å². The summed E-state index contributed by atoms with van der Waals surface area (Å²) in [4.78, 5) is 11.9. The van der Waals surface area contributed by atoms with Crippen LogP contribution in [0.25, 0.3) is 0 Å². The highest BCUT2D eigenvalue weighted by molar-refractivity contribution is 7.99. The predicted molar refractivity (Wildman–Crippen MR) is 81.5 cm³/mol. The smallest absolute Gasteiger partial charge is 0.277 e. The third kappa shape index (κ3) is 3.85. The van der Waals surface area contributed by atoms with E-state index in [0.717, 1.165) is 29.7 Å². The number of aromatic nitrogens is 2. The summed E-state index contributed by atoms with van der Waals surface area (Å²) in [6.07, 6.45) is 2.25. The fourth-order valence-corrected chi connectivity index (χ4v) is 2.71. The van der Waals surface area contributed by atoms with E-state index in [0.29, 0.717) is 17.0 Å².